The van der Waals surface area contributed by atoms with E-state index >= 15 is 0 Å². The number of alkyl halides is 3. The van der Waals surface area contributed by atoms with Crippen molar-refractivity contribution in [2.24, 2.45) is 19.8 Å². The largest absolute Gasteiger partial charge is 0.483 e. The van der Waals surface area contributed by atoms with Crippen LogP contribution in [0.15, 0.2) is 6.20 Å². The van der Waals surface area contributed by atoms with Crippen LogP contribution in [-0.2, 0) is 42.7 Å². The molecule has 3 heterocycles. The lowest BCUT2D eigenvalue weighted by Gasteiger charge is -2.03. The second-order valence-corrected chi connectivity index (χ2v) is 6.05. The van der Waals surface area contributed by atoms with Gasteiger partial charge in [0.2, 0.25) is 5.91 Å². The summed E-state index contributed by atoms with van der Waals surface area (Å²) in [5.74, 6) is -1.77. The van der Waals surface area contributed by atoms with E-state index in [0.29, 0.717) is 0 Å². The SMILES string of the molecule is Cc1nn(C)cc1Cc1nc(CC(N)=O)nn1-c1nc(C(F)(F)F)nn1C.O=CO. The first-order chi connectivity index (χ1) is 14.0. The monoisotopic (exact) mass is 429 g/mol. The highest BCUT2D eigenvalue weighted by atomic mass is 19.4. The zero-order valence-corrected chi connectivity index (χ0v) is 16.1. The molecule has 0 bridgehead atoms. The smallest absolute Gasteiger partial charge is 0.453 e. The zero-order chi connectivity index (χ0) is 22.6. The maximum Gasteiger partial charge on any atom is 0.453 e. The van der Waals surface area contributed by atoms with Crippen LogP contribution in [0.25, 0.3) is 5.95 Å². The van der Waals surface area contributed by atoms with Crippen LogP contribution in [0.4, 0.5) is 13.2 Å². The fourth-order valence-corrected chi connectivity index (χ4v) is 2.57. The van der Waals surface area contributed by atoms with Crippen molar-refractivity contribution < 1.29 is 27.9 Å². The first kappa shape index (κ1) is 22.5. The van der Waals surface area contributed by atoms with Crippen LogP contribution in [-0.4, -0.2) is 56.8 Å². The number of nitrogens with zero attached hydrogens (tertiary/aromatic N) is 8. The van der Waals surface area contributed by atoms with Crippen LogP contribution in [0.1, 0.15) is 28.7 Å². The van der Waals surface area contributed by atoms with Gasteiger partial charge in [-0.05, 0) is 6.92 Å². The molecule has 162 valence electrons. The average Bonchev–Trinajstić information content (AvgIpc) is 3.25. The van der Waals surface area contributed by atoms with E-state index in [1.54, 1.807) is 24.9 Å². The van der Waals surface area contributed by atoms with E-state index in [-0.39, 0.29) is 36.9 Å². The summed E-state index contributed by atoms with van der Waals surface area (Å²) in [4.78, 5) is 27.3. The summed E-state index contributed by atoms with van der Waals surface area (Å²) in [5.41, 5.74) is 6.70. The molecule has 0 fully saturated rings. The number of aromatic nitrogens is 8. The van der Waals surface area contributed by atoms with E-state index < -0.39 is 17.9 Å². The molecule has 0 aliphatic carbocycles. The zero-order valence-electron chi connectivity index (χ0n) is 16.1. The summed E-state index contributed by atoms with van der Waals surface area (Å²) in [6, 6.07) is 0. The second kappa shape index (κ2) is 8.71. The van der Waals surface area contributed by atoms with Crippen molar-refractivity contribution in [2.75, 3.05) is 0 Å². The minimum Gasteiger partial charge on any atom is -0.483 e. The Bertz CT molecular complexity index is 1050. The van der Waals surface area contributed by atoms with Gasteiger partial charge in [0.1, 0.15) is 5.82 Å². The molecule has 0 aliphatic rings. The number of carbonyl (C=O) groups excluding carboxylic acids is 1. The minimum absolute atomic E-state index is 0.0793. The van der Waals surface area contributed by atoms with Gasteiger partial charge in [0.25, 0.3) is 18.2 Å². The van der Waals surface area contributed by atoms with Crippen molar-refractivity contribution in [1.29, 1.82) is 0 Å². The van der Waals surface area contributed by atoms with Gasteiger partial charge in [0.05, 0.1) is 12.1 Å². The molecule has 0 aromatic carbocycles. The van der Waals surface area contributed by atoms with E-state index in [2.05, 4.69) is 25.3 Å². The molecular weight excluding hydrogens is 411 g/mol. The van der Waals surface area contributed by atoms with Gasteiger partial charge in [0, 0.05) is 32.3 Å². The van der Waals surface area contributed by atoms with Crippen LogP contribution in [0.5, 0.6) is 0 Å². The molecule has 0 saturated carbocycles. The lowest BCUT2D eigenvalue weighted by molar-refractivity contribution is -0.145. The molecule has 3 aromatic heterocycles. The van der Waals surface area contributed by atoms with Crippen LogP contribution >= 0.6 is 0 Å². The van der Waals surface area contributed by atoms with E-state index in [4.69, 9.17) is 15.6 Å². The van der Waals surface area contributed by atoms with E-state index in [0.717, 1.165) is 20.6 Å². The van der Waals surface area contributed by atoms with Crippen molar-refractivity contribution in [3.8, 4) is 5.95 Å². The topological polar surface area (TPSA) is 160 Å². The van der Waals surface area contributed by atoms with Crippen molar-refractivity contribution in [3.63, 3.8) is 0 Å². The third kappa shape index (κ3) is 5.18. The summed E-state index contributed by atoms with van der Waals surface area (Å²) in [5, 5.41) is 18.6. The van der Waals surface area contributed by atoms with Gasteiger partial charge < -0.3 is 10.8 Å². The van der Waals surface area contributed by atoms with Gasteiger partial charge >= 0.3 is 6.18 Å². The number of primary amides is 1. The normalized spacial score (nSPS) is 11.1. The summed E-state index contributed by atoms with van der Waals surface area (Å²) < 4.78 is 42.5. The number of aryl methyl sites for hydroxylation is 3. The highest BCUT2D eigenvalue weighted by Crippen LogP contribution is 2.27. The molecule has 1 amide bonds. The number of carboxylic acid groups (broad SMARTS) is 1. The van der Waals surface area contributed by atoms with Crippen molar-refractivity contribution in [3.05, 3.63) is 34.9 Å². The molecule has 3 N–H and O–H groups in total. The lowest BCUT2D eigenvalue weighted by atomic mass is 10.2. The summed E-state index contributed by atoms with van der Waals surface area (Å²) in [7, 11) is 3.06. The maximum absolute atomic E-state index is 12.9. The van der Waals surface area contributed by atoms with Gasteiger partial charge in [0.15, 0.2) is 5.82 Å². The fourth-order valence-electron chi connectivity index (χ4n) is 2.57. The fraction of sp³-hybridized carbons (Fsp3) is 0.400. The number of hydrogen-bond donors (Lipinski definition) is 2. The highest BCUT2D eigenvalue weighted by Gasteiger charge is 2.37. The predicted octanol–water partition coefficient (Wildman–Crippen LogP) is -0.224. The Morgan fingerprint density at radius 3 is 2.33 bits per heavy atom. The lowest BCUT2D eigenvalue weighted by Crippen LogP contribution is -2.15. The molecule has 3 aromatic rings. The Morgan fingerprint density at radius 2 is 1.87 bits per heavy atom. The number of carbonyl (C=O) groups is 2. The van der Waals surface area contributed by atoms with Gasteiger partial charge in [-0.1, -0.05) is 0 Å². The molecule has 3 rings (SSSR count). The number of amides is 1. The molecular formula is C15H18F3N9O3. The number of halogens is 3. The molecule has 0 unspecified atom stereocenters. The quantitative estimate of drug-likeness (QED) is 0.526. The highest BCUT2D eigenvalue weighted by molar-refractivity contribution is 5.75. The van der Waals surface area contributed by atoms with Gasteiger partial charge in [-0.25, -0.2) is 9.67 Å². The van der Waals surface area contributed by atoms with Crippen molar-refractivity contribution in [1.82, 2.24) is 39.3 Å². The number of nitrogens with two attached hydrogens (primary N) is 1. The van der Waals surface area contributed by atoms with Crippen molar-refractivity contribution >= 4 is 12.4 Å². The van der Waals surface area contributed by atoms with Crippen molar-refractivity contribution in [2.45, 2.75) is 25.9 Å². The van der Waals surface area contributed by atoms with Gasteiger partial charge in [-0.3, -0.25) is 14.3 Å². The Hall–Kier alpha value is -3.78. The minimum atomic E-state index is -4.70. The Balaban J connectivity index is 0.00000101. The van der Waals surface area contributed by atoms with Crippen LogP contribution in [0.2, 0.25) is 0 Å². The van der Waals surface area contributed by atoms with E-state index in [1.165, 1.54) is 7.05 Å². The number of hydrogen-bond acceptors (Lipinski definition) is 7. The molecule has 0 spiro atoms. The Labute approximate surface area is 167 Å². The molecule has 0 radical (unpaired) electrons. The average molecular weight is 429 g/mol. The molecule has 30 heavy (non-hydrogen) atoms. The first-order valence-electron chi connectivity index (χ1n) is 8.25. The van der Waals surface area contributed by atoms with Crippen LogP contribution in [0.3, 0.4) is 0 Å². The maximum atomic E-state index is 12.9. The van der Waals surface area contributed by atoms with Gasteiger partial charge in [-0.15, -0.1) is 10.2 Å². The Kier molecular flexibility index (Phi) is 6.53. The molecule has 15 heteroatoms. The predicted molar refractivity (Wildman–Crippen MR) is 93.3 cm³/mol. The number of rotatable bonds is 5. The summed E-state index contributed by atoms with van der Waals surface area (Å²) >= 11 is 0. The summed E-state index contributed by atoms with van der Waals surface area (Å²) in [6.07, 6.45) is -2.97. The molecule has 0 saturated heterocycles. The summed E-state index contributed by atoms with van der Waals surface area (Å²) in [6.45, 7) is 1.55. The second-order valence-electron chi connectivity index (χ2n) is 6.05. The third-order valence-electron chi connectivity index (χ3n) is 3.70. The van der Waals surface area contributed by atoms with Crippen LogP contribution in [0, 0.1) is 6.92 Å². The molecule has 12 nitrogen and oxygen atoms in total. The van der Waals surface area contributed by atoms with E-state index in [1.807, 2.05) is 0 Å². The van der Waals surface area contributed by atoms with Crippen LogP contribution < -0.4 is 5.73 Å². The molecule has 0 atom stereocenters. The van der Waals surface area contributed by atoms with E-state index in [9.17, 15) is 18.0 Å². The first-order valence-corrected chi connectivity index (χ1v) is 8.25. The Morgan fingerprint density at radius 1 is 1.23 bits per heavy atom. The standard InChI is InChI=1S/C14H16F3N9O.CH2O2/c1-7-8(6-24(2)21-7)4-11-19-10(5-9(18)27)22-26(11)13-20-12(14(15,16)17)23-25(13)3;2-1-3/h6H,4-5H2,1-3H3,(H2,18,27);1H,(H,2,3). The van der Waals surface area contributed by atoms with Gasteiger partial charge in [-0.2, -0.15) is 27.9 Å². The third-order valence-corrected chi connectivity index (χ3v) is 3.70. The molecule has 0 aliphatic heterocycles.